The Morgan fingerprint density at radius 2 is 1.42 bits per heavy atom. The van der Waals surface area contributed by atoms with Gasteiger partial charge in [0.2, 0.25) is 0 Å². The molecule has 0 N–H and O–H groups in total. The van der Waals surface area contributed by atoms with Gasteiger partial charge in [-0.25, -0.2) is 0 Å². The third-order valence-electron chi connectivity index (χ3n) is 1.21. The Morgan fingerprint density at radius 3 is 1.75 bits per heavy atom. The van der Waals surface area contributed by atoms with E-state index in [1.165, 1.54) is 11.8 Å². The fraction of sp³-hybridized carbons (Fsp3) is 0.143. The van der Waals surface area contributed by atoms with Crippen LogP contribution in [0.25, 0.3) is 0 Å². The molecule has 0 bridgehead atoms. The molecule has 0 saturated heterocycles. The van der Waals surface area contributed by atoms with Crippen LogP contribution in [0.2, 0.25) is 20.1 Å². The lowest BCUT2D eigenvalue weighted by Crippen LogP contribution is -1.80. The van der Waals surface area contributed by atoms with Crippen LogP contribution in [0.15, 0.2) is 4.90 Å². The minimum Gasteiger partial charge on any atom is -0.126 e. The van der Waals surface area contributed by atoms with Crippen LogP contribution in [-0.2, 0) is 0 Å². The number of rotatable bonds is 1. The van der Waals surface area contributed by atoms with Crippen molar-refractivity contribution in [3.8, 4) is 0 Å². The molecule has 0 saturated carbocycles. The Labute approximate surface area is 95.1 Å². The number of hydrogen-bond acceptors (Lipinski definition) is 1. The maximum absolute atomic E-state index is 5.84. The molecule has 12 heavy (non-hydrogen) atoms. The summed E-state index contributed by atoms with van der Waals surface area (Å²) in [5, 5.41) is 1.41. The van der Waals surface area contributed by atoms with Gasteiger partial charge in [-0.15, -0.1) is 11.8 Å². The maximum Gasteiger partial charge on any atom is 0.0750 e. The fourth-order valence-corrected chi connectivity index (χ4v) is 2.58. The molecule has 5 heteroatoms. The summed E-state index contributed by atoms with van der Waals surface area (Å²) in [5.41, 5.74) is 0. The van der Waals surface area contributed by atoms with Crippen molar-refractivity contribution in [1.29, 1.82) is 0 Å². The van der Waals surface area contributed by atoms with Crippen LogP contribution < -0.4 is 0 Å². The van der Waals surface area contributed by atoms with E-state index in [2.05, 4.69) is 6.07 Å². The summed E-state index contributed by atoms with van der Waals surface area (Å²) in [6.07, 6.45) is 1.85. The molecule has 0 aliphatic rings. The summed E-state index contributed by atoms with van der Waals surface area (Å²) in [4.78, 5) is 0.687. The van der Waals surface area contributed by atoms with E-state index in [0.29, 0.717) is 25.0 Å². The second-order valence-corrected chi connectivity index (χ2v) is 4.24. The molecule has 1 aromatic carbocycles. The van der Waals surface area contributed by atoms with Crippen molar-refractivity contribution in [2.75, 3.05) is 6.26 Å². The van der Waals surface area contributed by atoms with Crippen LogP contribution >= 0.6 is 58.2 Å². The van der Waals surface area contributed by atoms with Gasteiger partial charge in [-0.05, 0) is 6.26 Å². The molecule has 0 unspecified atom stereocenters. The van der Waals surface area contributed by atoms with Crippen molar-refractivity contribution < 1.29 is 0 Å². The van der Waals surface area contributed by atoms with Crippen LogP contribution in [0.3, 0.4) is 0 Å². The molecule has 65 valence electrons. The molecule has 0 heterocycles. The monoisotopic (exact) mass is 259 g/mol. The normalized spacial score (nSPS) is 10.4. The summed E-state index contributed by atoms with van der Waals surface area (Å²) in [6, 6.07) is 2.64. The minimum absolute atomic E-state index is 0.301. The van der Waals surface area contributed by atoms with Crippen molar-refractivity contribution in [3.63, 3.8) is 0 Å². The minimum atomic E-state index is 0.301. The van der Waals surface area contributed by atoms with E-state index in [0.717, 1.165) is 0 Å². The molecule has 0 spiro atoms. The van der Waals surface area contributed by atoms with Gasteiger partial charge in [0, 0.05) is 11.0 Å². The molecule has 0 nitrogen and oxygen atoms in total. The van der Waals surface area contributed by atoms with Gasteiger partial charge in [-0.3, -0.25) is 0 Å². The first-order valence-corrected chi connectivity index (χ1v) is 5.60. The van der Waals surface area contributed by atoms with Crippen LogP contribution in [0.5, 0.6) is 0 Å². The largest absolute Gasteiger partial charge is 0.126 e. The molecule has 1 aromatic rings. The Kier molecular flexibility index (Phi) is 3.87. The second kappa shape index (κ2) is 4.30. The average Bonchev–Trinajstić information content (AvgIpc) is 2.02. The predicted molar refractivity (Wildman–Crippen MR) is 57.1 cm³/mol. The first-order valence-electron chi connectivity index (χ1n) is 2.87. The van der Waals surface area contributed by atoms with Crippen molar-refractivity contribution in [1.82, 2.24) is 0 Å². The quantitative estimate of drug-likeness (QED) is 0.515. The van der Waals surface area contributed by atoms with E-state index in [1.54, 1.807) is 0 Å². The summed E-state index contributed by atoms with van der Waals surface area (Å²) >= 11 is 24.5. The highest BCUT2D eigenvalue weighted by molar-refractivity contribution is 7.98. The lowest BCUT2D eigenvalue weighted by atomic mass is 10.3. The molecule has 0 atom stereocenters. The highest BCUT2D eigenvalue weighted by atomic mass is 35.5. The molecular formula is C7H3Cl4S. The Balaban J connectivity index is 3.42. The first-order chi connectivity index (χ1) is 5.57. The molecule has 0 aliphatic carbocycles. The van der Waals surface area contributed by atoms with E-state index < -0.39 is 0 Å². The number of halogens is 4. The topological polar surface area (TPSA) is 0 Å². The zero-order valence-electron chi connectivity index (χ0n) is 5.92. The number of thioether (sulfide) groups is 1. The van der Waals surface area contributed by atoms with Gasteiger partial charge in [0.15, 0.2) is 0 Å². The van der Waals surface area contributed by atoms with E-state index in [4.69, 9.17) is 46.4 Å². The zero-order chi connectivity index (χ0) is 9.30. The summed E-state index contributed by atoms with van der Waals surface area (Å²) < 4.78 is 0. The van der Waals surface area contributed by atoms with Gasteiger partial charge in [0.05, 0.1) is 20.1 Å². The maximum atomic E-state index is 5.84. The van der Waals surface area contributed by atoms with E-state index in [9.17, 15) is 0 Å². The summed E-state index contributed by atoms with van der Waals surface area (Å²) in [7, 11) is 0. The van der Waals surface area contributed by atoms with Crippen molar-refractivity contribution in [3.05, 3.63) is 26.2 Å². The Hall–Kier alpha value is 0.730. The van der Waals surface area contributed by atoms with Crippen molar-refractivity contribution in [2.45, 2.75) is 4.90 Å². The number of hydrogen-bond donors (Lipinski definition) is 0. The lowest BCUT2D eigenvalue weighted by molar-refractivity contribution is 1.46. The Bertz CT molecular complexity index is 285. The summed E-state index contributed by atoms with van der Waals surface area (Å²) in [5.74, 6) is 0. The SMILES string of the molecule is CSc1c(Cl)c(Cl)[c]c(Cl)c1Cl. The molecular weight excluding hydrogens is 258 g/mol. The van der Waals surface area contributed by atoms with E-state index in [1.807, 2.05) is 6.26 Å². The highest BCUT2D eigenvalue weighted by Crippen LogP contribution is 2.41. The van der Waals surface area contributed by atoms with Crippen molar-refractivity contribution >= 4 is 58.2 Å². The second-order valence-electron chi connectivity index (χ2n) is 1.91. The van der Waals surface area contributed by atoms with Gasteiger partial charge >= 0.3 is 0 Å². The van der Waals surface area contributed by atoms with Gasteiger partial charge in [-0.2, -0.15) is 0 Å². The Morgan fingerprint density at radius 1 is 1.00 bits per heavy atom. The standard InChI is InChI=1S/C7H3Cl4S/c1-12-7-5(10)3(8)2-4(9)6(7)11/h1H3. The average molecular weight is 261 g/mol. The van der Waals surface area contributed by atoms with Gasteiger partial charge in [-0.1, -0.05) is 46.4 Å². The molecule has 0 aliphatic heterocycles. The van der Waals surface area contributed by atoms with Gasteiger partial charge in [0.25, 0.3) is 0 Å². The number of benzene rings is 1. The van der Waals surface area contributed by atoms with Crippen molar-refractivity contribution in [2.24, 2.45) is 0 Å². The molecule has 0 aromatic heterocycles. The van der Waals surface area contributed by atoms with Crippen LogP contribution in [-0.4, -0.2) is 6.26 Å². The third kappa shape index (κ3) is 1.97. The lowest BCUT2D eigenvalue weighted by Gasteiger charge is -2.06. The first kappa shape index (κ1) is 10.8. The fourth-order valence-electron chi connectivity index (χ4n) is 0.681. The zero-order valence-corrected chi connectivity index (χ0v) is 9.76. The molecule has 1 radical (unpaired) electrons. The molecule has 1 rings (SSSR count). The third-order valence-corrected chi connectivity index (χ3v) is 3.76. The van der Waals surface area contributed by atoms with Crippen LogP contribution in [0, 0.1) is 6.07 Å². The highest BCUT2D eigenvalue weighted by Gasteiger charge is 2.12. The molecule has 0 fully saturated rings. The van der Waals surface area contributed by atoms with Crippen LogP contribution in [0.4, 0.5) is 0 Å². The smallest absolute Gasteiger partial charge is 0.0750 e. The van der Waals surface area contributed by atoms with Crippen LogP contribution in [0.1, 0.15) is 0 Å². The van der Waals surface area contributed by atoms with E-state index >= 15 is 0 Å². The predicted octanol–water partition coefficient (Wildman–Crippen LogP) is 4.82. The summed E-state index contributed by atoms with van der Waals surface area (Å²) in [6.45, 7) is 0. The molecule has 0 amide bonds. The van der Waals surface area contributed by atoms with E-state index in [-0.39, 0.29) is 0 Å². The van der Waals surface area contributed by atoms with Gasteiger partial charge < -0.3 is 0 Å². The van der Waals surface area contributed by atoms with Gasteiger partial charge in [0.1, 0.15) is 0 Å².